The predicted molar refractivity (Wildman–Crippen MR) is 248 cm³/mol. The summed E-state index contributed by atoms with van der Waals surface area (Å²) in [5.74, 6) is 5.27. The summed E-state index contributed by atoms with van der Waals surface area (Å²) in [6, 6.07) is 21.0. The van der Waals surface area contributed by atoms with E-state index in [9.17, 15) is 24.0 Å². The Balaban J connectivity index is 0.668. The van der Waals surface area contributed by atoms with Gasteiger partial charge in [0.2, 0.25) is 17.7 Å². The number of benzene rings is 3. The molecule has 3 aromatic carbocycles. The van der Waals surface area contributed by atoms with Gasteiger partial charge in [-0.05, 0) is 73.9 Å². The van der Waals surface area contributed by atoms with Crippen LogP contribution < -0.4 is 27.0 Å². The molecule has 338 valence electrons. The van der Waals surface area contributed by atoms with Crippen molar-refractivity contribution in [2.75, 3.05) is 71.3 Å². The molecule has 2 aliphatic heterocycles. The van der Waals surface area contributed by atoms with Crippen LogP contribution in [0.15, 0.2) is 71.5 Å². The molecule has 17 heteroatoms. The van der Waals surface area contributed by atoms with Gasteiger partial charge in [0.05, 0.1) is 74.2 Å². The highest BCUT2D eigenvalue weighted by Gasteiger charge is 2.31. The SMILES string of the molecule is C[C@@H]1CNc2c(sc3ccc4nc(-c5cccc(C#CCCNC(=O)COCCOCCOCCOCCc6ccc7c(c6)n(C)c(=O)n7C6CCC(=O)NC6=O)c5)ccc4c23)C(=O)N1. The molecule has 4 N–H and O–H groups in total. The third kappa shape index (κ3) is 10.8. The van der Waals surface area contributed by atoms with Gasteiger partial charge in [0.15, 0.2) is 0 Å². The molecule has 16 nitrogen and oxygen atoms in total. The molecule has 0 aliphatic carbocycles. The molecular weight excluding hydrogens is 851 g/mol. The smallest absolute Gasteiger partial charge is 0.329 e. The molecule has 0 spiro atoms. The maximum Gasteiger partial charge on any atom is 0.329 e. The minimum absolute atomic E-state index is 0.0387. The van der Waals surface area contributed by atoms with Gasteiger partial charge in [-0.25, -0.2) is 9.78 Å². The summed E-state index contributed by atoms with van der Waals surface area (Å²) < 4.78 is 26.3. The van der Waals surface area contributed by atoms with Crippen LogP contribution in [0.4, 0.5) is 5.69 Å². The van der Waals surface area contributed by atoms with Gasteiger partial charge in [-0.3, -0.25) is 33.6 Å². The minimum Gasteiger partial charge on any atom is -0.381 e. The first kappa shape index (κ1) is 45.2. The normalized spacial score (nSPS) is 16.1. The number of hydrogen-bond donors (Lipinski definition) is 4. The molecule has 1 unspecified atom stereocenters. The largest absolute Gasteiger partial charge is 0.381 e. The first-order valence-electron chi connectivity index (χ1n) is 21.8. The number of aryl methyl sites for hydroxylation is 1. The Hall–Kier alpha value is -6.42. The molecule has 1 fully saturated rings. The highest BCUT2D eigenvalue weighted by Crippen LogP contribution is 2.41. The third-order valence-electron chi connectivity index (χ3n) is 11.2. The molecule has 6 aromatic rings. The molecule has 5 heterocycles. The second-order valence-corrected chi connectivity index (χ2v) is 16.9. The fraction of sp³-hybridized carbons (Fsp3) is 0.375. The number of rotatable bonds is 18. The topological polar surface area (TPSA) is 193 Å². The van der Waals surface area contributed by atoms with Crippen molar-refractivity contribution in [3.63, 3.8) is 0 Å². The molecule has 0 radical (unpaired) electrons. The number of hydrogen-bond acceptors (Lipinski definition) is 12. The summed E-state index contributed by atoms with van der Waals surface area (Å²) >= 11 is 1.49. The number of fused-ring (bicyclic) bond motifs is 6. The van der Waals surface area contributed by atoms with Crippen LogP contribution in [0.2, 0.25) is 0 Å². The van der Waals surface area contributed by atoms with Crippen LogP contribution in [0.1, 0.15) is 53.0 Å². The van der Waals surface area contributed by atoms with Crippen LogP contribution in [0.5, 0.6) is 0 Å². The maximum atomic E-state index is 13.0. The fourth-order valence-electron chi connectivity index (χ4n) is 7.93. The van der Waals surface area contributed by atoms with Crippen molar-refractivity contribution in [1.82, 2.24) is 30.1 Å². The van der Waals surface area contributed by atoms with Crippen LogP contribution in [0.3, 0.4) is 0 Å². The average Bonchev–Trinajstić information content (AvgIpc) is 3.75. The zero-order chi connectivity index (χ0) is 45.3. The number of imidazole rings is 1. The van der Waals surface area contributed by atoms with Crippen molar-refractivity contribution in [3.05, 3.63) is 93.2 Å². The number of thiophene rings is 1. The summed E-state index contributed by atoms with van der Waals surface area (Å²) in [6.45, 7) is 5.64. The number of amides is 4. The van der Waals surface area contributed by atoms with Crippen LogP contribution in [-0.4, -0.2) is 110 Å². The molecule has 2 aliphatic rings. The number of carbonyl (C=O) groups is 4. The number of carbonyl (C=O) groups excluding carboxylic acids is 4. The molecule has 3 aromatic heterocycles. The van der Waals surface area contributed by atoms with E-state index in [1.165, 1.54) is 20.5 Å². The van der Waals surface area contributed by atoms with E-state index < -0.39 is 11.9 Å². The summed E-state index contributed by atoms with van der Waals surface area (Å²) in [7, 11) is 1.67. The standard InChI is InChI=1S/C48H51N7O9S/c1-30-28-50-44-43-34-10-11-35(52-36(34)12-15-40(43)65-45(44)47(59)51-30)33-8-5-7-31(26-33)6-3-4-18-49-42(57)29-64-25-24-63-23-22-62-21-20-61-19-17-32-9-13-37-39(27-32)54(2)48(60)55(37)38-14-16-41(56)53-46(38)58/h5,7-13,15,26-27,30,38,50H,4,14,16-25,28-29H2,1-2H3,(H,49,57)(H,51,59)(H,53,56,58)/t30-,38?/m1/s1. The van der Waals surface area contributed by atoms with Crippen LogP contribution >= 0.6 is 11.3 Å². The Morgan fingerprint density at radius 1 is 0.908 bits per heavy atom. The highest BCUT2D eigenvalue weighted by molar-refractivity contribution is 7.21. The highest BCUT2D eigenvalue weighted by atomic mass is 32.1. The second kappa shape index (κ2) is 21.0. The van der Waals surface area contributed by atoms with Gasteiger partial charge in [0, 0.05) is 65.6 Å². The minimum atomic E-state index is -0.715. The first-order chi connectivity index (χ1) is 31.6. The van der Waals surface area contributed by atoms with E-state index in [1.807, 2.05) is 67.6 Å². The van der Waals surface area contributed by atoms with Crippen LogP contribution in [-0.2, 0) is 46.8 Å². The lowest BCUT2D eigenvalue weighted by molar-refractivity contribution is -0.135. The Labute approximate surface area is 379 Å². The number of pyridine rings is 1. The number of anilines is 1. The van der Waals surface area contributed by atoms with E-state index >= 15 is 0 Å². The number of piperidine rings is 1. The second-order valence-electron chi connectivity index (χ2n) is 15.9. The number of nitrogens with zero attached hydrogens (tertiary/aromatic N) is 3. The van der Waals surface area contributed by atoms with E-state index in [-0.39, 0.29) is 49.1 Å². The summed E-state index contributed by atoms with van der Waals surface area (Å²) in [5.41, 5.74) is 6.40. The third-order valence-corrected chi connectivity index (χ3v) is 12.4. The van der Waals surface area contributed by atoms with Gasteiger partial charge in [-0.2, -0.15) is 0 Å². The van der Waals surface area contributed by atoms with Gasteiger partial charge in [-0.1, -0.05) is 30.0 Å². The Morgan fingerprint density at radius 2 is 1.69 bits per heavy atom. The number of ether oxygens (including phenoxy) is 4. The van der Waals surface area contributed by atoms with Gasteiger partial charge < -0.3 is 34.9 Å². The van der Waals surface area contributed by atoms with E-state index in [2.05, 4.69) is 39.2 Å². The maximum absolute atomic E-state index is 13.0. The summed E-state index contributed by atoms with van der Waals surface area (Å²) in [5, 5.41) is 13.7. The lowest BCUT2D eigenvalue weighted by atomic mass is 10.0. The first-order valence-corrected chi connectivity index (χ1v) is 22.6. The Kier molecular flexibility index (Phi) is 14.6. The van der Waals surface area contributed by atoms with E-state index in [1.54, 1.807) is 7.05 Å². The number of nitrogens with one attached hydrogen (secondary N) is 4. The van der Waals surface area contributed by atoms with Crippen molar-refractivity contribution in [1.29, 1.82) is 0 Å². The zero-order valence-corrected chi connectivity index (χ0v) is 37.1. The summed E-state index contributed by atoms with van der Waals surface area (Å²) in [4.78, 5) is 67.7. The Bertz CT molecular complexity index is 2870. The van der Waals surface area contributed by atoms with Crippen molar-refractivity contribution in [2.45, 2.75) is 44.7 Å². The van der Waals surface area contributed by atoms with E-state index in [4.69, 9.17) is 23.9 Å². The summed E-state index contributed by atoms with van der Waals surface area (Å²) in [6.07, 6.45) is 1.60. The zero-order valence-electron chi connectivity index (χ0n) is 36.3. The molecular formula is C48H51N7O9S. The predicted octanol–water partition coefficient (Wildman–Crippen LogP) is 4.46. The molecule has 0 bridgehead atoms. The van der Waals surface area contributed by atoms with Gasteiger partial charge in [0.1, 0.15) is 17.5 Å². The monoisotopic (exact) mass is 901 g/mol. The fourth-order valence-corrected chi connectivity index (χ4v) is 9.03. The van der Waals surface area contributed by atoms with Crippen molar-refractivity contribution >= 4 is 72.7 Å². The molecule has 8 rings (SSSR count). The number of imide groups is 1. The molecule has 1 saturated heterocycles. The van der Waals surface area contributed by atoms with Gasteiger partial charge in [0.25, 0.3) is 5.91 Å². The van der Waals surface area contributed by atoms with Gasteiger partial charge >= 0.3 is 5.69 Å². The van der Waals surface area contributed by atoms with Gasteiger partial charge in [-0.15, -0.1) is 11.3 Å². The molecule has 65 heavy (non-hydrogen) atoms. The quantitative estimate of drug-likeness (QED) is 0.0541. The van der Waals surface area contributed by atoms with E-state index in [0.29, 0.717) is 87.9 Å². The lowest BCUT2D eigenvalue weighted by Crippen LogP contribution is -2.44. The van der Waals surface area contributed by atoms with Crippen LogP contribution in [0.25, 0.3) is 43.3 Å². The van der Waals surface area contributed by atoms with Crippen molar-refractivity contribution in [3.8, 4) is 23.1 Å². The average molecular weight is 902 g/mol. The van der Waals surface area contributed by atoms with Crippen LogP contribution in [0, 0.1) is 11.8 Å². The van der Waals surface area contributed by atoms with E-state index in [0.717, 1.165) is 49.1 Å². The number of aromatic nitrogens is 3. The molecule has 0 saturated carbocycles. The van der Waals surface area contributed by atoms with Crippen molar-refractivity contribution in [2.24, 2.45) is 7.05 Å². The lowest BCUT2D eigenvalue weighted by Gasteiger charge is -2.21. The molecule has 2 atom stereocenters. The molecule has 4 amide bonds. The Morgan fingerprint density at radius 3 is 2.49 bits per heavy atom. The van der Waals surface area contributed by atoms with Crippen molar-refractivity contribution < 1.29 is 38.1 Å².